The van der Waals surface area contributed by atoms with Crippen molar-refractivity contribution < 1.29 is 0 Å². The first-order valence-electron chi connectivity index (χ1n) is 4.25. The Labute approximate surface area is 70.9 Å². The van der Waals surface area contributed by atoms with Crippen LogP contribution in [0.4, 0.5) is 0 Å². The molecular weight excluding hydrogens is 136 g/mol. The Bertz CT molecular complexity index is 103. The van der Waals surface area contributed by atoms with Gasteiger partial charge in [-0.2, -0.15) is 0 Å². The average molecular weight is 158 g/mol. The van der Waals surface area contributed by atoms with Gasteiger partial charge in [0.05, 0.1) is 0 Å². The van der Waals surface area contributed by atoms with E-state index in [1.807, 2.05) is 19.1 Å². The summed E-state index contributed by atoms with van der Waals surface area (Å²) in [5.41, 5.74) is 3.69. The van der Waals surface area contributed by atoms with Crippen LogP contribution in [0, 0.1) is 11.3 Å². The lowest BCUT2D eigenvalue weighted by Gasteiger charge is -2.28. The lowest BCUT2D eigenvalue weighted by molar-refractivity contribution is 0.195. The average Bonchev–Trinajstić information content (AvgIpc) is 1.80. The van der Waals surface area contributed by atoms with Crippen molar-refractivity contribution in [3.05, 3.63) is 0 Å². The van der Waals surface area contributed by atoms with Gasteiger partial charge in [0.15, 0.2) is 0 Å². The van der Waals surface area contributed by atoms with Crippen LogP contribution in [0.25, 0.3) is 0 Å². The zero-order valence-electron chi connectivity index (χ0n) is 8.73. The highest BCUT2D eigenvalue weighted by atomic mass is 15.5. The molecule has 0 amide bonds. The van der Waals surface area contributed by atoms with Crippen molar-refractivity contribution in [1.82, 2.24) is 10.4 Å². The molecule has 2 heteroatoms. The molecular formula is C9H22N2. The number of rotatable bonds is 3. The second-order valence-corrected chi connectivity index (χ2v) is 4.52. The van der Waals surface area contributed by atoms with E-state index in [2.05, 4.69) is 33.1 Å². The van der Waals surface area contributed by atoms with Crippen LogP contribution in [-0.2, 0) is 0 Å². The molecule has 2 nitrogen and oxygen atoms in total. The first-order chi connectivity index (χ1) is 4.84. The summed E-state index contributed by atoms with van der Waals surface area (Å²) in [5.74, 6) is 0.699. The molecule has 0 aromatic rings. The second kappa shape index (κ2) is 4.07. The molecule has 0 saturated carbocycles. The van der Waals surface area contributed by atoms with Crippen molar-refractivity contribution in [1.29, 1.82) is 0 Å². The van der Waals surface area contributed by atoms with Crippen LogP contribution in [0.1, 0.15) is 27.7 Å². The highest BCUT2D eigenvalue weighted by molar-refractivity contribution is 4.70. The molecule has 0 heterocycles. The molecule has 0 saturated heterocycles. The third-order valence-corrected chi connectivity index (χ3v) is 2.19. The normalized spacial score (nSPS) is 15.5. The van der Waals surface area contributed by atoms with Crippen molar-refractivity contribution in [3.63, 3.8) is 0 Å². The van der Waals surface area contributed by atoms with E-state index in [1.165, 1.54) is 0 Å². The maximum atomic E-state index is 3.29. The number of hydrogen-bond acceptors (Lipinski definition) is 2. The first kappa shape index (κ1) is 10.9. The molecule has 1 N–H and O–H groups in total. The molecule has 11 heavy (non-hydrogen) atoms. The Morgan fingerprint density at radius 2 is 1.73 bits per heavy atom. The first-order valence-corrected chi connectivity index (χ1v) is 4.25. The number of nitrogens with one attached hydrogen (secondary N) is 1. The number of hydrazine groups is 1. The van der Waals surface area contributed by atoms with Gasteiger partial charge in [0, 0.05) is 20.6 Å². The van der Waals surface area contributed by atoms with E-state index in [-0.39, 0.29) is 0 Å². The van der Waals surface area contributed by atoms with E-state index in [4.69, 9.17) is 0 Å². The molecule has 0 aliphatic heterocycles. The van der Waals surface area contributed by atoms with Gasteiger partial charge < -0.3 is 0 Å². The van der Waals surface area contributed by atoms with Gasteiger partial charge in [-0.05, 0) is 11.3 Å². The summed E-state index contributed by atoms with van der Waals surface area (Å²) < 4.78 is 0. The summed E-state index contributed by atoms with van der Waals surface area (Å²) in [6.45, 7) is 10.1. The minimum Gasteiger partial charge on any atom is -0.255 e. The van der Waals surface area contributed by atoms with E-state index in [0.29, 0.717) is 11.3 Å². The van der Waals surface area contributed by atoms with E-state index in [1.54, 1.807) is 0 Å². The maximum absolute atomic E-state index is 3.29. The van der Waals surface area contributed by atoms with Crippen molar-refractivity contribution >= 4 is 0 Å². The third-order valence-electron chi connectivity index (χ3n) is 2.19. The molecule has 0 aromatic heterocycles. The number of nitrogens with zero attached hydrogens (tertiary/aromatic N) is 1. The fourth-order valence-corrected chi connectivity index (χ4v) is 0.626. The monoisotopic (exact) mass is 158 g/mol. The Morgan fingerprint density at radius 3 is 2.00 bits per heavy atom. The van der Waals surface area contributed by atoms with Gasteiger partial charge in [-0.15, -0.1) is 0 Å². The Kier molecular flexibility index (Phi) is 4.04. The predicted molar refractivity (Wildman–Crippen MR) is 50.3 cm³/mol. The summed E-state index contributed by atoms with van der Waals surface area (Å²) in [6, 6.07) is 0. The van der Waals surface area contributed by atoms with E-state index >= 15 is 0 Å². The quantitative estimate of drug-likeness (QED) is 0.629. The number of hydrogen-bond donors (Lipinski definition) is 1. The molecule has 0 aromatic carbocycles. The van der Waals surface area contributed by atoms with Crippen molar-refractivity contribution in [2.75, 3.05) is 20.6 Å². The second-order valence-electron chi connectivity index (χ2n) is 4.52. The Hall–Kier alpha value is -0.0800. The molecule has 0 spiro atoms. The Morgan fingerprint density at radius 1 is 1.27 bits per heavy atom. The van der Waals surface area contributed by atoms with Crippen LogP contribution < -0.4 is 5.43 Å². The molecule has 0 rings (SSSR count). The highest BCUT2D eigenvalue weighted by Crippen LogP contribution is 2.24. The molecule has 0 aliphatic rings. The molecule has 0 radical (unpaired) electrons. The van der Waals surface area contributed by atoms with Crippen molar-refractivity contribution in [2.45, 2.75) is 27.7 Å². The summed E-state index contributed by atoms with van der Waals surface area (Å²) in [6.07, 6.45) is 0. The van der Waals surface area contributed by atoms with Gasteiger partial charge in [0.1, 0.15) is 0 Å². The van der Waals surface area contributed by atoms with Gasteiger partial charge in [0.2, 0.25) is 0 Å². The molecule has 0 aliphatic carbocycles. The van der Waals surface area contributed by atoms with Crippen LogP contribution >= 0.6 is 0 Å². The minimum atomic E-state index is 0.406. The van der Waals surface area contributed by atoms with Crippen molar-refractivity contribution in [2.24, 2.45) is 11.3 Å². The predicted octanol–water partition coefficient (Wildman–Crippen LogP) is 1.73. The zero-order valence-corrected chi connectivity index (χ0v) is 8.73. The van der Waals surface area contributed by atoms with Crippen LogP contribution in [0.15, 0.2) is 0 Å². The fourth-order valence-electron chi connectivity index (χ4n) is 0.626. The van der Waals surface area contributed by atoms with Crippen molar-refractivity contribution in [3.8, 4) is 0 Å². The largest absolute Gasteiger partial charge is 0.255 e. The fraction of sp³-hybridized carbons (Fsp3) is 1.00. The van der Waals surface area contributed by atoms with Gasteiger partial charge in [-0.25, -0.2) is 0 Å². The topological polar surface area (TPSA) is 15.3 Å². The molecule has 1 unspecified atom stereocenters. The van der Waals surface area contributed by atoms with Gasteiger partial charge in [-0.3, -0.25) is 10.4 Å². The lowest BCUT2D eigenvalue weighted by Crippen LogP contribution is -2.37. The molecule has 0 fully saturated rings. The molecule has 0 bridgehead atoms. The van der Waals surface area contributed by atoms with E-state index < -0.39 is 0 Å². The third kappa shape index (κ3) is 5.22. The van der Waals surface area contributed by atoms with Gasteiger partial charge >= 0.3 is 0 Å². The summed E-state index contributed by atoms with van der Waals surface area (Å²) in [7, 11) is 4.05. The maximum Gasteiger partial charge on any atom is 0.0133 e. The standard InChI is InChI=1S/C9H22N2/c1-8(9(2,3)4)7-10-11(5)6/h8,10H,7H2,1-6H3. The van der Waals surface area contributed by atoms with Crippen LogP contribution in [0.5, 0.6) is 0 Å². The summed E-state index contributed by atoms with van der Waals surface area (Å²) >= 11 is 0. The van der Waals surface area contributed by atoms with Crippen LogP contribution in [-0.4, -0.2) is 25.6 Å². The van der Waals surface area contributed by atoms with E-state index in [9.17, 15) is 0 Å². The van der Waals surface area contributed by atoms with Gasteiger partial charge in [0.25, 0.3) is 0 Å². The Balaban J connectivity index is 3.61. The molecule has 1 atom stereocenters. The summed E-state index contributed by atoms with van der Waals surface area (Å²) in [4.78, 5) is 0. The van der Waals surface area contributed by atoms with E-state index in [0.717, 1.165) is 6.54 Å². The van der Waals surface area contributed by atoms with Crippen LogP contribution in [0.2, 0.25) is 0 Å². The van der Waals surface area contributed by atoms with Crippen LogP contribution in [0.3, 0.4) is 0 Å². The smallest absolute Gasteiger partial charge is 0.0133 e. The minimum absolute atomic E-state index is 0.406. The molecule has 68 valence electrons. The lowest BCUT2D eigenvalue weighted by atomic mass is 9.82. The summed E-state index contributed by atoms with van der Waals surface area (Å²) in [5, 5.41) is 2.00. The zero-order chi connectivity index (χ0) is 9.07. The highest BCUT2D eigenvalue weighted by Gasteiger charge is 2.19. The SMILES string of the molecule is CC(CNN(C)C)C(C)(C)C. The van der Waals surface area contributed by atoms with Gasteiger partial charge in [-0.1, -0.05) is 27.7 Å².